The van der Waals surface area contributed by atoms with Crippen molar-refractivity contribution in [2.45, 2.75) is 70.2 Å². The molecule has 1 aliphatic carbocycles. The van der Waals surface area contributed by atoms with Gasteiger partial charge in [0, 0.05) is 23.1 Å². The maximum atomic E-state index is 10.5. The number of benzene rings is 2. The molecule has 0 aromatic heterocycles. The minimum atomic E-state index is -0.232. The minimum Gasteiger partial charge on any atom is -0.508 e. The van der Waals surface area contributed by atoms with E-state index >= 15 is 0 Å². The summed E-state index contributed by atoms with van der Waals surface area (Å²) in [6.45, 7) is 5.18. The fourth-order valence-electron chi connectivity index (χ4n) is 5.58. The monoisotopic (exact) mass is 474 g/mol. The molecule has 2 aliphatic heterocycles. The number of hydrogen-bond donors (Lipinski definition) is 3. The molecule has 2 aromatic carbocycles. The van der Waals surface area contributed by atoms with Crippen LogP contribution in [0, 0.1) is 11.8 Å². The lowest BCUT2D eigenvalue weighted by Crippen LogP contribution is -2.49. The number of phenols is 1. The Kier molecular flexibility index (Phi) is 7.33. The van der Waals surface area contributed by atoms with Crippen LogP contribution in [-0.2, 0) is 4.74 Å². The van der Waals surface area contributed by atoms with Crippen LogP contribution in [0.3, 0.4) is 0 Å². The molecule has 3 N–H and O–H groups in total. The molecule has 0 saturated heterocycles. The molecule has 6 atom stereocenters. The average Bonchev–Trinajstić information content (AvgIpc) is 3.27. The summed E-state index contributed by atoms with van der Waals surface area (Å²) < 4.78 is 12.7. The Morgan fingerprint density at radius 3 is 2.66 bits per heavy atom. The Morgan fingerprint density at radius 1 is 1.06 bits per heavy atom. The van der Waals surface area contributed by atoms with Gasteiger partial charge in [-0.1, -0.05) is 81.7 Å². The largest absolute Gasteiger partial charge is 0.508 e. The summed E-state index contributed by atoms with van der Waals surface area (Å²) in [5.74, 6) is 3.22. The van der Waals surface area contributed by atoms with Crippen LogP contribution >= 0.6 is 0 Å². The quantitative estimate of drug-likeness (QED) is 0.381. The standard InChI is InChI=1S/C30H38N2O3/c1-3-5-10-20(4-2)19-34-29-18-25(31-30(32-29)24-12-6-8-13-26(24)33)21-15-16-23-22-11-7-9-14-27(22)35-28(23)17-21/h6-9,11-16,18,20-21,23,25,28,30-33H,3-5,10,17,19H2,1-2H3. The smallest absolute Gasteiger partial charge is 0.185 e. The zero-order valence-electron chi connectivity index (χ0n) is 20.8. The zero-order chi connectivity index (χ0) is 24.2. The topological polar surface area (TPSA) is 62.8 Å². The number of ether oxygens (including phenoxy) is 2. The maximum absolute atomic E-state index is 10.5. The Balaban J connectivity index is 1.35. The van der Waals surface area contributed by atoms with E-state index in [0.717, 1.165) is 30.0 Å². The summed E-state index contributed by atoms with van der Waals surface area (Å²) in [6, 6.07) is 15.9. The van der Waals surface area contributed by atoms with Crippen LogP contribution in [0.25, 0.3) is 0 Å². The van der Waals surface area contributed by atoms with Gasteiger partial charge in [-0.05, 0) is 42.9 Å². The van der Waals surface area contributed by atoms with Crippen molar-refractivity contribution in [1.29, 1.82) is 0 Å². The fraction of sp³-hybridized carbons (Fsp3) is 0.467. The summed E-state index contributed by atoms with van der Waals surface area (Å²) in [4.78, 5) is 0. The van der Waals surface area contributed by atoms with E-state index in [0.29, 0.717) is 18.4 Å². The SMILES string of the molecule is CCCCC(CC)COC1=CC(C2C=CC3c4ccccc4OC3C2)NC(c2ccccc2O)N1. The van der Waals surface area contributed by atoms with E-state index in [1.807, 2.05) is 24.3 Å². The van der Waals surface area contributed by atoms with Crippen molar-refractivity contribution in [3.8, 4) is 11.5 Å². The molecule has 3 aliphatic rings. The minimum absolute atomic E-state index is 0.0658. The van der Waals surface area contributed by atoms with Gasteiger partial charge in [0.05, 0.1) is 6.61 Å². The highest BCUT2D eigenvalue weighted by Crippen LogP contribution is 2.44. The number of para-hydroxylation sites is 2. The Morgan fingerprint density at radius 2 is 1.86 bits per heavy atom. The van der Waals surface area contributed by atoms with E-state index in [2.05, 4.69) is 60.9 Å². The van der Waals surface area contributed by atoms with Crippen molar-refractivity contribution in [2.75, 3.05) is 6.61 Å². The molecule has 5 heteroatoms. The summed E-state index contributed by atoms with van der Waals surface area (Å²) in [5, 5.41) is 17.7. The van der Waals surface area contributed by atoms with Crippen molar-refractivity contribution in [3.63, 3.8) is 0 Å². The summed E-state index contributed by atoms with van der Waals surface area (Å²) in [5.41, 5.74) is 2.11. The second-order valence-corrected chi connectivity index (χ2v) is 10.1. The van der Waals surface area contributed by atoms with Crippen molar-refractivity contribution in [2.24, 2.45) is 11.8 Å². The third-order valence-corrected chi connectivity index (χ3v) is 7.73. The van der Waals surface area contributed by atoms with Gasteiger partial charge in [0.1, 0.15) is 23.8 Å². The Hall–Kier alpha value is -2.92. The highest BCUT2D eigenvalue weighted by molar-refractivity contribution is 5.44. The number of rotatable bonds is 9. The Bertz CT molecular complexity index is 1070. The van der Waals surface area contributed by atoms with Crippen LogP contribution in [0.1, 0.15) is 69.2 Å². The molecule has 5 nitrogen and oxygen atoms in total. The van der Waals surface area contributed by atoms with Gasteiger partial charge in [0.2, 0.25) is 0 Å². The number of unbranched alkanes of at least 4 members (excludes halogenated alkanes) is 1. The number of hydrogen-bond acceptors (Lipinski definition) is 5. The van der Waals surface area contributed by atoms with Gasteiger partial charge in [-0.2, -0.15) is 0 Å². The molecule has 0 radical (unpaired) electrons. The van der Waals surface area contributed by atoms with Gasteiger partial charge in [0.15, 0.2) is 5.88 Å². The van der Waals surface area contributed by atoms with Gasteiger partial charge < -0.3 is 19.9 Å². The predicted molar refractivity (Wildman–Crippen MR) is 139 cm³/mol. The van der Waals surface area contributed by atoms with Crippen LogP contribution < -0.4 is 15.4 Å². The Labute approximate surface area is 209 Å². The first-order valence-corrected chi connectivity index (χ1v) is 13.2. The number of nitrogens with one attached hydrogen (secondary N) is 2. The van der Waals surface area contributed by atoms with Crippen LogP contribution in [0.5, 0.6) is 11.5 Å². The lowest BCUT2D eigenvalue weighted by molar-refractivity contribution is 0.116. The molecule has 6 unspecified atom stereocenters. The van der Waals surface area contributed by atoms with E-state index in [1.54, 1.807) is 6.07 Å². The van der Waals surface area contributed by atoms with Gasteiger partial charge in [-0.3, -0.25) is 5.32 Å². The number of phenolic OH excluding ortho intramolecular Hbond substituents is 1. The molecule has 0 spiro atoms. The van der Waals surface area contributed by atoms with E-state index in [1.165, 1.54) is 24.8 Å². The van der Waals surface area contributed by atoms with Crippen LogP contribution in [0.2, 0.25) is 0 Å². The summed E-state index contributed by atoms with van der Waals surface area (Å²) >= 11 is 0. The van der Waals surface area contributed by atoms with Crippen LogP contribution in [0.4, 0.5) is 0 Å². The first kappa shape index (κ1) is 23.8. The molecular weight excluding hydrogens is 436 g/mol. The number of aromatic hydroxyl groups is 1. The molecule has 5 rings (SSSR count). The highest BCUT2D eigenvalue weighted by Gasteiger charge is 2.39. The average molecular weight is 475 g/mol. The van der Waals surface area contributed by atoms with Crippen molar-refractivity contribution in [3.05, 3.63) is 83.8 Å². The molecular formula is C30H38N2O3. The second kappa shape index (κ2) is 10.8. The lowest BCUT2D eigenvalue weighted by Gasteiger charge is -2.38. The number of fused-ring (bicyclic) bond motifs is 3. The van der Waals surface area contributed by atoms with Gasteiger partial charge >= 0.3 is 0 Å². The first-order valence-electron chi connectivity index (χ1n) is 13.2. The van der Waals surface area contributed by atoms with Gasteiger partial charge in [-0.25, -0.2) is 0 Å². The van der Waals surface area contributed by atoms with Crippen molar-refractivity contribution < 1.29 is 14.6 Å². The summed E-state index contributed by atoms with van der Waals surface area (Å²) in [6.07, 6.45) is 12.4. The predicted octanol–water partition coefficient (Wildman–Crippen LogP) is 6.15. The molecule has 186 valence electrons. The molecule has 0 saturated carbocycles. The fourth-order valence-corrected chi connectivity index (χ4v) is 5.58. The third-order valence-electron chi connectivity index (χ3n) is 7.73. The van der Waals surface area contributed by atoms with Gasteiger partial charge in [0.25, 0.3) is 0 Å². The molecule has 0 amide bonds. The molecule has 35 heavy (non-hydrogen) atoms. The molecule has 2 heterocycles. The first-order chi connectivity index (χ1) is 17.2. The van der Waals surface area contributed by atoms with E-state index in [9.17, 15) is 5.11 Å². The zero-order valence-corrected chi connectivity index (χ0v) is 20.8. The lowest BCUT2D eigenvalue weighted by atomic mass is 9.80. The molecule has 0 bridgehead atoms. The van der Waals surface area contributed by atoms with Crippen molar-refractivity contribution in [1.82, 2.24) is 10.6 Å². The van der Waals surface area contributed by atoms with Crippen LogP contribution in [-0.4, -0.2) is 23.9 Å². The summed E-state index contributed by atoms with van der Waals surface area (Å²) in [7, 11) is 0. The third kappa shape index (κ3) is 5.20. The molecule has 2 aromatic rings. The van der Waals surface area contributed by atoms with E-state index in [-0.39, 0.29) is 30.0 Å². The van der Waals surface area contributed by atoms with E-state index < -0.39 is 0 Å². The highest BCUT2D eigenvalue weighted by atomic mass is 16.5. The van der Waals surface area contributed by atoms with Gasteiger partial charge in [-0.15, -0.1) is 0 Å². The normalized spacial score (nSPS) is 27.7. The maximum Gasteiger partial charge on any atom is 0.185 e. The van der Waals surface area contributed by atoms with E-state index in [4.69, 9.17) is 9.47 Å². The second-order valence-electron chi connectivity index (χ2n) is 10.1. The van der Waals surface area contributed by atoms with Crippen LogP contribution in [0.15, 0.2) is 72.6 Å². The van der Waals surface area contributed by atoms with Crippen molar-refractivity contribution >= 4 is 0 Å². The molecule has 0 fully saturated rings.